The van der Waals surface area contributed by atoms with Crippen LogP contribution < -0.4 is 4.74 Å². The summed E-state index contributed by atoms with van der Waals surface area (Å²) in [5.74, 6) is -1.65. The number of ether oxygens (including phenoxy) is 2. The number of hydrogen-bond donors (Lipinski definition) is 0. The van der Waals surface area contributed by atoms with Crippen LogP contribution in [0.5, 0.6) is 5.88 Å². The second-order valence-electron chi connectivity index (χ2n) is 8.67. The maximum atomic E-state index is 12.4. The molecular weight excluding hydrogens is 473 g/mol. The van der Waals surface area contributed by atoms with Crippen LogP contribution in [0.15, 0.2) is 60.8 Å². The molecule has 3 heterocycles. The maximum Gasteiger partial charge on any atom is 0.490 e. The number of piperidine rings is 1. The Kier molecular flexibility index (Phi) is 8.48. The molecule has 4 rings (SSSR count). The minimum atomic E-state index is -4.94. The zero-order chi connectivity index (χ0) is 25.4. The van der Waals surface area contributed by atoms with Crippen LogP contribution in [0.4, 0.5) is 13.2 Å². The molecule has 1 aliphatic heterocycles. The first-order valence-corrected chi connectivity index (χ1v) is 11.8. The van der Waals surface area contributed by atoms with Crippen molar-refractivity contribution in [1.82, 2.24) is 20.1 Å². The van der Waals surface area contributed by atoms with Crippen LogP contribution in [0.25, 0.3) is 0 Å². The molecule has 0 unspecified atom stereocenters. The normalized spacial score (nSPS) is 15.0. The van der Waals surface area contributed by atoms with Gasteiger partial charge in [0.1, 0.15) is 12.7 Å². The first kappa shape index (κ1) is 25.6. The van der Waals surface area contributed by atoms with Crippen molar-refractivity contribution in [1.29, 1.82) is 0 Å². The Hall–Kier alpha value is -3.53. The predicted molar refractivity (Wildman–Crippen MR) is 125 cm³/mol. The fourth-order valence-electron chi connectivity index (χ4n) is 3.93. The minimum Gasteiger partial charge on any atom is -0.470 e. The molecule has 0 aliphatic carbocycles. The molecule has 36 heavy (non-hydrogen) atoms. The first-order valence-electron chi connectivity index (χ1n) is 11.8. The highest BCUT2D eigenvalue weighted by Crippen LogP contribution is 2.22. The number of halogens is 3. The summed E-state index contributed by atoms with van der Waals surface area (Å²) in [6.45, 7) is 2.20. The lowest BCUT2D eigenvalue weighted by Gasteiger charge is -2.31. The quantitative estimate of drug-likeness (QED) is 0.406. The van der Waals surface area contributed by atoms with E-state index in [0.29, 0.717) is 45.0 Å². The largest absolute Gasteiger partial charge is 0.490 e. The summed E-state index contributed by atoms with van der Waals surface area (Å²) in [4.78, 5) is 17.4. The predicted octanol–water partition coefficient (Wildman–Crippen LogP) is 4.31. The van der Waals surface area contributed by atoms with Gasteiger partial charge < -0.3 is 9.47 Å². The highest BCUT2D eigenvalue weighted by Gasteiger charge is 2.42. The molecule has 190 valence electrons. The van der Waals surface area contributed by atoms with Gasteiger partial charge in [0.15, 0.2) is 0 Å². The molecule has 0 saturated carbocycles. The second-order valence-corrected chi connectivity index (χ2v) is 8.67. The maximum absolute atomic E-state index is 12.4. The number of alkyl halides is 3. The van der Waals surface area contributed by atoms with E-state index in [1.807, 2.05) is 30.3 Å². The molecule has 2 aromatic heterocycles. The van der Waals surface area contributed by atoms with E-state index in [2.05, 4.69) is 49.1 Å². The second kappa shape index (κ2) is 11.9. The number of likely N-dealkylation sites (tertiary alicyclic amines) is 1. The van der Waals surface area contributed by atoms with Crippen LogP contribution in [0.3, 0.4) is 0 Å². The van der Waals surface area contributed by atoms with Gasteiger partial charge in [-0.05, 0) is 55.0 Å². The van der Waals surface area contributed by atoms with Gasteiger partial charge in [0.05, 0.1) is 11.4 Å². The highest BCUT2D eigenvalue weighted by atomic mass is 19.4. The summed E-state index contributed by atoms with van der Waals surface area (Å²) in [5, 5.41) is 8.37. The third-order valence-corrected chi connectivity index (χ3v) is 5.93. The van der Waals surface area contributed by atoms with Gasteiger partial charge in [-0.3, -0.25) is 9.88 Å². The number of carbonyl (C=O) groups is 1. The van der Waals surface area contributed by atoms with Crippen LogP contribution in [0.1, 0.15) is 35.4 Å². The van der Waals surface area contributed by atoms with E-state index in [9.17, 15) is 18.0 Å². The lowest BCUT2D eigenvalue weighted by atomic mass is 10.0. The standard InChI is InChI=1S/C26H27F3N4O3/c27-26(28,29)25(34)36-23-12-15-33(16-13-23)17-20-6-4-19(5-7-20)8-9-21-10-11-24(32-31-21)35-18-22-3-1-2-14-30-22/h1-7,10-11,14,23H,8-9,12-13,15-18H2. The van der Waals surface area contributed by atoms with Crippen molar-refractivity contribution in [3.05, 3.63) is 83.3 Å². The summed E-state index contributed by atoms with van der Waals surface area (Å²) < 4.78 is 47.2. The van der Waals surface area contributed by atoms with Crippen LogP contribution in [0, 0.1) is 0 Å². The van der Waals surface area contributed by atoms with Gasteiger partial charge in [-0.2, -0.15) is 18.3 Å². The van der Waals surface area contributed by atoms with Gasteiger partial charge in [0, 0.05) is 31.9 Å². The monoisotopic (exact) mass is 500 g/mol. The highest BCUT2D eigenvalue weighted by molar-refractivity contribution is 5.75. The average Bonchev–Trinajstić information content (AvgIpc) is 2.89. The number of aryl methyl sites for hydroxylation is 2. The summed E-state index contributed by atoms with van der Waals surface area (Å²) in [6.07, 6.45) is -1.54. The van der Waals surface area contributed by atoms with Gasteiger partial charge >= 0.3 is 12.1 Å². The molecule has 3 aromatic rings. The van der Waals surface area contributed by atoms with Crippen LogP contribution in [-0.2, 0) is 35.5 Å². The van der Waals surface area contributed by atoms with E-state index in [1.54, 1.807) is 6.20 Å². The first-order chi connectivity index (χ1) is 17.3. The number of aromatic nitrogens is 3. The summed E-state index contributed by atoms with van der Waals surface area (Å²) in [6, 6.07) is 17.6. The zero-order valence-electron chi connectivity index (χ0n) is 19.7. The number of hydrogen-bond acceptors (Lipinski definition) is 7. The SMILES string of the molecule is O=C(OC1CCN(Cc2ccc(CCc3ccc(OCc4ccccn4)nn3)cc2)CC1)C(F)(F)F. The van der Waals surface area contributed by atoms with Gasteiger partial charge in [0.2, 0.25) is 5.88 Å². The number of carbonyl (C=O) groups excluding carboxylic acids is 1. The molecule has 10 heteroatoms. The molecule has 1 aliphatic rings. The lowest BCUT2D eigenvalue weighted by molar-refractivity contribution is -0.206. The Balaban J connectivity index is 1.17. The van der Waals surface area contributed by atoms with Gasteiger partial charge in [-0.15, -0.1) is 5.10 Å². The van der Waals surface area contributed by atoms with Gasteiger partial charge in [0.25, 0.3) is 0 Å². The van der Waals surface area contributed by atoms with E-state index < -0.39 is 18.2 Å². The van der Waals surface area contributed by atoms with Gasteiger partial charge in [-0.25, -0.2) is 4.79 Å². The van der Waals surface area contributed by atoms with Crippen LogP contribution >= 0.6 is 0 Å². The summed E-state index contributed by atoms with van der Waals surface area (Å²) in [5.41, 5.74) is 3.99. The number of benzene rings is 1. The fraction of sp³-hybridized carbons (Fsp3) is 0.385. The molecule has 0 bridgehead atoms. The van der Waals surface area contributed by atoms with Gasteiger partial charge in [-0.1, -0.05) is 30.3 Å². The zero-order valence-corrected chi connectivity index (χ0v) is 19.7. The van der Waals surface area contributed by atoms with Crippen molar-refractivity contribution in [2.45, 2.75) is 51.1 Å². The molecule has 0 radical (unpaired) electrons. The fourth-order valence-corrected chi connectivity index (χ4v) is 3.93. The van der Waals surface area contributed by atoms with E-state index in [0.717, 1.165) is 29.8 Å². The van der Waals surface area contributed by atoms with Crippen molar-refractivity contribution < 1.29 is 27.4 Å². The van der Waals surface area contributed by atoms with E-state index in [-0.39, 0.29) is 0 Å². The van der Waals surface area contributed by atoms with Crippen LogP contribution in [0.2, 0.25) is 0 Å². The van der Waals surface area contributed by atoms with Crippen molar-refractivity contribution in [3.63, 3.8) is 0 Å². The third-order valence-electron chi connectivity index (χ3n) is 5.93. The molecule has 0 amide bonds. The Morgan fingerprint density at radius 2 is 1.67 bits per heavy atom. The smallest absolute Gasteiger partial charge is 0.470 e. The van der Waals surface area contributed by atoms with E-state index in [4.69, 9.17) is 4.74 Å². The number of pyridine rings is 1. The molecule has 1 saturated heterocycles. The summed E-state index contributed by atoms with van der Waals surface area (Å²) in [7, 11) is 0. The summed E-state index contributed by atoms with van der Waals surface area (Å²) >= 11 is 0. The Labute approximate surface area is 207 Å². The number of rotatable bonds is 9. The van der Waals surface area contributed by atoms with Crippen molar-refractivity contribution in [3.8, 4) is 5.88 Å². The van der Waals surface area contributed by atoms with Crippen molar-refractivity contribution in [2.75, 3.05) is 13.1 Å². The molecule has 7 nitrogen and oxygen atoms in total. The molecule has 0 atom stereocenters. The van der Waals surface area contributed by atoms with Crippen LogP contribution in [-0.4, -0.2) is 51.4 Å². The molecular formula is C26H27F3N4O3. The minimum absolute atomic E-state index is 0.338. The van der Waals surface area contributed by atoms with Crippen molar-refractivity contribution in [2.24, 2.45) is 0 Å². The number of esters is 1. The van der Waals surface area contributed by atoms with E-state index >= 15 is 0 Å². The Morgan fingerprint density at radius 3 is 2.31 bits per heavy atom. The molecule has 0 N–H and O–H groups in total. The average molecular weight is 501 g/mol. The topological polar surface area (TPSA) is 77.4 Å². The Bertz CT molecular complexity index is 1100. The van der Waals surface area contributed by atoms with Crippen molar-refractivity contribution >= 4 is 5.97 Å². The third kappa shape index (κ3) is 7.74. The number of nitrogens with zero attached hydrogens (tertiary/aromatic N) is 4. The molecule has 1 fully saturated rings. The Morgan fingerprint density at radius 1 is 0.917 bits per heavy atom. The lowest BCUT2D eigenvalue weighted by Crippen LogP contribution is -2.39. The molecule has 0 spiro atoms. The van der Waals surface area contributed by atoms with E-state index in [1.165, 1.54) is 5.56 Å². The molecule has 1 aromatic carbocycles.